The number of piperazine rings is 1. The Labute approximate surface area is 186 Å². The van der Waals surface area contributed by atoms with Crippen LogP contribution in [0.2, 0.25) is 5.02 Å². The van der Waals surface area contributed by atoms with Gasteiger partial charge in [-0.2, -0.15) is 0 Å². The molecule has 1 fully saturated rings. The number of amides is 1. The van der Waals surface area contributed by atoms with Crippen LogP contribution in [0.3, 0.4) is 0 Å². The first kappa shape index (κ1) is 20.9. The second-order valence-electron chi connectivity index (χ2n) is 7.85. The topological polar surface area (TPSA) is 45.7 Å². The summed E-state index contributed by atoms with van der Waals surface area (Å²) in [6.07, 6.45) is 0.464. The number of methoxy groups -OCH3 is 1. The van der Waals surface area contributed by atoms with Crippen molar-refractivity contribution >= 4 is 44.2 Å². The number of halogens is 1. The van der Waals surface area contributed by atoms with Gasteiger partial charge in [-0.3, -0.25) is 4.79 Å². The molecule has 30 heavy (non-hydrogen) atoms. The lowest BCUT2D eigenvalue weighted by Gasteiger charge is -2.34. The Morgan fingerprint density at radius 3 is 2.43 bits per heavy atom. The molecule has 0 unspecified atom stereocenters. The molecular weight excluding hydrogens is 418 g/mol. The largest absolute Gasteiger partial charge is 0.494 e. The standard InChI is InChI=1S/C23H26ClN3O2S/c1-14-11-15(2)17(16(3)12-14)13-20(28)26-7-9-27(10-8-26)23-25-21-19(29-4)6-5-18(24)22(21)30-23/h5-6,11-12H,7-10,13H2,1-4H3. The first-order valence-corrected chi connectivity index (χ1v) is 11.3. The number of hydrogen-bond acceptors (Lipinski definition) is 5. The zero-order valence-corrected chi connectivity index (χ0v) is 19.4. The van der Waals surface area contributed by atoms with E-state index in [1.165, 1.54) is 16.7 Å². The summed E-state index contributed by atoms with van der Waals surface area (Å²) in [6.45, 7) is 9.19. The highest BCUT2D eigenvalue weighted by molar-refractivity contribution is 7.22. The van der Waals surface area contributed by atoms with E-state index in [4.69, 9.17) is 21.3 Å². The second-order valence-corrected chi connectivity index (χ2v) is 9.23. The van der Waals surface area contributed by atoms with Crippen LogP contribution in [0.5, 0.6) is 5.75 Å². The zero-order valence-electron chi connectivity index (χ0n) is 17.8. The molecule has 4 rings (SSSR count). The average Bonchev–Trinajstić information content (AvgIpc) is 3.17. The summed E-state index contributed by atoms with van der Waals surface area (Å²) in [5.41, 5.74) is 5.58. The van der Waals surface area contributed by atoms with Crippen LogP contribution in [0, 0.1) is 20.8 Å². The first-order chi connectivity index (χ1) is 14.4. The number of benzene rings is 2. The van der Waals surface area contributed by atoms with Gasteiger partial charge in [-0.15, -0.1) is 0 Å². The van der Waals surface area contributed by atoms with Gasteiger partial charge in [0.2, 0.25) is 5.91 Å². The summed E-state index contributed by atoms with van der Waals surface area (Å²) in [6, 6.07) is 8.00. The van der Waals surface area contributed by atoms with Gasteiger partial charge in [0.1, 0.15) is 11.3 Å². The van der Waals surface area contributed by atoms with Crippen LogP contribution >= 0.6 is 22.9 Å². The van der Waals surface area contributed by atoms with Gasteiger partial charge in [-0.05, 0) is 49.6 Å². The number of carbonyl (C=O) groups excluding carboxylic acids is 1. The van der Waals surface area contributed by atoms with E-state index in [1.807, 2.05) is 17.0 Å². The molecule has 0 saturated carbocycles. The minimum atomic E-state index is 0.193. The number of carbonyl (C=O) groups is 1. The molecule has 158 valence electrons. The second kappa shape index (κ2) is 8.44. The van der Waals surface area contributed by atoms with E-state index in [0.717, 1.165) is 39.8 Å². The maximum absolute atomic E-state index is 12.9. The number of anilines is 1. The molecular formula is C23H26ClN3O2S. The van der Waals surface area contributed by atoms with Crippen molar-refractivity contribution < 1.29 is 9.53 Å². The molecule has 2 heterocycles. The summed E-state index contributed by atoms with van der Waals surface area (Å²) in [5.74, 6) is 0.924. The van der Waals surface area contributed by atoms with Crippen LogP contribution < -0.4 is 9.64 Å². The summed E-state index contributed by atoms with van der Waals surface area (Å²) >= 11 is 7.94. The number of thiazole rings is 1. The predicted octanol–water partition coefficient (Wildman–Crippen LogP) is 4.77. The summed E-state index contributed by atoms with van der Waals surface area (Å²) in [7, 11) is 1.64. The Balaban J connectivity index is 1.45. The van der Waals surface area contributed by atoms with Gasteiger partial charge < -0.3 is 14.5 Å². The van der Waals surface area contributed by atoms with E-state index in [0.29, 0.717) is 24.5 Å². The minimum Gasteiger partial charge on any atom is -0.494 e. The molecule has 0 spiro atoms. The molecule has 7 heteroatoms. The van der Waals surface area contributed by atoms with Crippen LogP contribution in [0.4, 0.5) is 5.13 Å². The van der Waals surface area contributed by atoms with Crippen molar-refractivity contribution in [2.75, 3.05) is 38.2 Å². The highest BCUT2D eigenvalue weighted by atomic mass is 35.5. The van der Waals surface area contributed by atoms with Gasteiger partial charge in [0, 0.05) is 26.2 Å². The molecule has 1 aliphatic heterocycles. The molecule has 2 aromatic carbocycles. The maximum atomic E-state index is 12.9. The van der Waals surface area contributed by atoms with E-state index in [9.17, 15) is 4.79 Å². The van der Waals surface area contributed by atoms with E-state index >= 15 is 0 Å². The van der Waals surface area contributed by atoms with Gasteiger partial charge in [-0.25, -0.2) is 4.98 Å². The van der Waals surface area contributed by atoms with Crippen molar-refractivity contribution in [3.63, 3.8) is 0 Å². The van der Waals surface area contributed by atoms with Crippen LogP contribution in [-0.2, 0) is 11.2 Å². The molecule has 0 atom stereocenters. The average molecular weight is 444 g/mol. The van der Waals surface area contributed by atoms with E-state index in [-0.39, 0.29) is 5.91 Å². The number of ether oxygens (including phenoxy) is 1. The fraction of sp³-hybridized carbons (Fsp3) is 0.391. The first-order valence-electron chi connectivity index (χ1n) is 10.1. The smallest absolute Gasteiger partial charge is 0.227 e. The van der Waals surface area contributed by atoms with Crippen molar-refractivity contribution in [3.8, 4) is 5.75 Å². The van der Waals surface area contributed by atoms with Gasteiger partial charge in [0.25, 0.3) is 0 Å². The molecule has 0 radical (unpaired) electrons. The SMILES string of the molecule is COc1ccc(Cl)c2sc(N3CCN(C(=O)Cc4c(C)cc(C)cc4C)CC3)nc12. The quantitative estimate of drug-likeness (QED) is 0.582. The Hall–Kier alpha value is -2.31. The lowest BCUT2D eigenvalue weighted by molar-refractivity contribution is -0.130. The zero-order chi connectivity index (χ0) is 21.4. The minimum absolute atomic E-state index is 0.193. The van der Waals surface area contributed by atoms with Crippen molar-refractivity contribution in [1.29, 1.82) is 0 Å². The Morgan fingerprint density at radius 2 is 1.80 bits per heavy atom. The number of rotatable bonds is 4. The lowest BCUT2D eigenvalue weighted by Crippen LogP contribution is -2.49. The summed E-state index contributed by atoms with van der Waals surface area (Å²) < 4.78 is 6.37. The third-order valence-electron chi connectivity index (χ3n) is 5.74. The van der Waals surface area contributed by atoms with Crippen molar-refractivity contribution in [2.24, 2.45) is 0 Å². The third kappa shape index (κ3) is 3.98. The third-order valence-corrected chi connectivity index (χ3v) is 7.31. The van der Waals surface area contributed by atoms with E-state index in [1.54, 1.807) is 18.4 Å². The molecule has 1 saturated heterocycles. The van der Waals surface area contributed by atoms with Crippen molar-refractivity contribution in [1.82, 2.24) is 9.88 Å². The predicted molar refractivity (Wildman–Crippen MR) is 124 cm³/mol. The number of fused-ring (bicyclic) bond motifs is 1. The Bertz CT molecular complexity index is 1080. The number of aromatic nitrogens is 1. The molecule has 1 aromatic heterocycles. The van der Waals surface area contributed by atoms with E-state index in [2.05, 4.69) is 37.8 Å². The molecule has 0 aliphatic carbocycles. The summed E-state index contributed by atoms with van der Waals surface area (Å²) in [4.78, 5) is 21.9. The molecule has 0 bridgehead atoms. The molecule has 0 N–H and O–H groups in total. The number of nitrogens with zero attached hydrogens (tertiary/aromatic N) is 3. The van der Waals surface area contributed by atoms with Gasteiger partial charge in [0.15, 0.2) is 5.13 Å². The molecule has 5 nitrogen and oxygen atoms in total. The molecule has 3 aromatic rings. The van der Waals surface area contributed by atoms with Crippen LogP contribution in [0.1, 0.15) is 22.3 Å². The van der Waals surface area contributed by atoms with Crippen LogP contribution in [0.25, 0.3) is 10.2 Å². The number of hydrogen-bond donors (Lipinski definition) is 0. The van der Waals surface area contributed by atoms with E-state index < -0.39 is 0 Å². The molecule has 1 aliphatic rings. The molecule has 1 amide bonds. The number of aryl methyl sites for hydroxylation is 3. The Kier molecular flexibility index (Phi) is 5.89. The highest BCUT2D eigenvalue weighted by Gasteiger charge is 2.25. The highest BCUT2D eigenvalue weighted by Crippen LogP contribution is 2.38. The van der Waals surface area contributed by atoms with Crippen LogP contribution in [-0.4, -0.2) is 49.1 Å². The summed E-state index contributed by atoms with van der Waals surface area (Å²) in [5, 5.41) is 1.61. The lowest BCUT2D eigenvalue weighted by atomic mass is 9.97. The normalized spacial score (nSPS) is 14.4. The van der Waals surface area contributed by atoms with Crippen LogP contribution in [0.15, 0.2) is 24.3 Å². The van der Waals surface area contributed by atoms with Crippen molar-refractivity contribution in [3.05, 3.63) is 51.5 Å². The maximum Gasteiger partial charge on any atom is 0.227 e. The van der Waals surface area contributed by atoms with Gasteiger partial charge in [0.05, 0.1) is 23.3 Å². The fourth-order valence-corrected chi connectivity index (χ4v) is 5.45. The monoisotopic (exact) mass is 443 g/mol. The van der Waals surface area contributed by atoms with Crippen molar-refractivity contribution in [2.45, 2.75) is 27.2 Å². The van der Waals surface area contributed by atoms with Gasteiger partial charge >= 0.3 is 0 Å². The fourth-order valence-electron chi connectivity index (χ4n) is 4.14. The van der Waals surface area contributed by atoms with Gasteiger partial charge in [-0.1, -0.05) is 40.6 Å². The Morgan fingerprint density at radius 1 is 1.13 bits per heavy atom.